The number of aliphatic imine (C=N–C) groups is 1. The maximum Gasteiger partial charge on any atom is 0.511 e. The van der Waals surface area contributed by atoms with E-state index in [1.165, 1.54) is 25.9 Å². The van der Waals surface area contributed by atoms with Gasteiger partial charge in [-0.05, 0) is 64.1 Å². The first kappa shape index (κ1) is 27.7. The Balaban J connectivity index is 0.00000450. The number of halogens is 4. The van der Waals surface area contributed by atoms with E-state index < -0.39 is 15.5 Å². The number of hydrogen-bond donors (Lipinski definition) is 2. The highest BCUT2D eigenvalue weighted by atomic mass is 127. The molecule has 30 heavy (non-hydrogen) atoms. The topological polar surface area (TPSA) is 77.0 Å². The van der Waals surface area contributed by atoms with Crippen molar-refractivity contribution in [2.24, 2.45) is 10.9 Å². The molecular weight excluding hydrogens is 534 g/mol. The molecule has 0 radical (unpaired) electrons. The second-order valence-corrected chi connectivity index (χ2v) is 9.93. The van der Waals surface area contributed by atoms with Gasteiger partial charge >= 0.3 is 15.5 Å². The Morgan fingerprint density at radius 2 is 1.67 bits per heavy atom. The van der Waals surface area contributed by atoms with Crippen molar-refractivity contribution in [3.8, 4) is 0 Å². The summed E-state index contributed by atoms with van der Waals surface area (Å²) in [6.07, 6.45) is 5.28. The lowest BCUT2D eigenvalue weighted by Gasteiger charge is -2.32. The summed E-state index contributed by atoms with van der Waals surface area (Å²) in [5, 5.41) is 6.42. The Labute approximate surface area is 195 Å². The van der Waals surface area contributed by atoms with Gasteiger partial charge in [0.15, 0.2) is 5.96 Å². The fourth-order valence-electron chi connectivity index (χ4n) is 3.73. The Hall–Kier alpha value is -0.340. The lowest BCUT2D eigenvalue weighted by Crippen LogP contribution is -2.51. The molecular formula is C18H35F3IN5O2S. The zero-order valence-electron chi connectivity index (χ0n) is 17.7. The van der Waals surface area contributed by atoms with Gasteiger partial charge in [-0.3, -0.25) is 4.99 Å². The SMILES string of the molecule is CN=C(NCCCCN1CCC(C)CC1)NC1CCN(S(=O)(=O)C(F)(F)F)CC1.I. The number of likely N-dealkylation sites (tertiary alicyclic amines) is 1. The molecule has 0 aromatic carbocycles. The van der Waals surface area contributed by atoms with E-state index in [2.05, 4.69) is 27.4 Å². The van der Waals surface area contributed by atoms with Crippen LogP contribution in [0.15, 0.2) is 4.99 Å². The predicted molar refractivity (Wildman–Crippen MR) is 124 cm³/mol. The van der Waals surface area contributed by atoms with Crippen LogP contribution in [0.25, 0.3) is 0 Å². The Bertz CT molecular complexity index is 632. The van der Waals surface area contributed by atoms with Crippen LogP contribution in [0, 0.1) is 5.92 Å². The average molecular weight is 569 g/mol. The predicted octanol–water partition coefficient (Wildman–Crippen LogP) is 2.60. The zero-order valence-corrected chi connectivity index (χ0v) is 20.9. The minimum Gasteiger partial charge on any atom is -0.356 e. The van der Waals surface area contributed by atoms with Crippen molar-refractivity contribution in [3.05, 3.63) is 0 Å². The van der Waals surface area contributed by atoms with Crippen LogP contribution < -0.4 is 10.6 Å². The number of sulfonamides is 1. The molecule has 2 heterocycles. The highest BCUT2D eigenvalue weighted by molar-refractivity contribution is 14.0. The number of unbranched alkanes of at least 4 members (excludes halogenated alkanes) is 1. The molecule has 7 nitrogen and oxygen atoms in total. The smallest absolute Gasteiger partial charge is 0.356 e. The normalized spacial score (nSPS) is 21.3. The van der Waals surface area contributed by atoms with E-state index in [0.29, 0.717) is 23.1 Å². The third-order valence-electron chi connectivity index (χ3n) is 5.72. The van der Waals surface area contributed by atoms with Gasteiger partial charge in [-0.15, -0.1) is 24.0 Å². The van der Waals surface area contributed by atoms with Gasteiger partial charge in [-0.25, -0.2) is 8.42 Å². The van der Waals surface area contributed by atoms with E-state index in [4.69, 9.17) is 0 Å². The molecule has 2 fully saturated rings. The second kappa shape index (κ2) is 12.6. The molecule has 0 bridgehead atoms. The molecule has 2 aliphatic rings. The van der Waals surface area contributed by atoms with E-state index in [0.717, 1.165) is 31.8 Å². The van der Waals surface area contributed by atoms with E-state index >= 15 is 0 Å². The fraction of sp³-hybridized carbons (Fsp3) is 0.944. The third-order valence-corrected chi connectivity index (χ3v) is 7.35. The van der Waals surface area contributed by atoms with E-state index in [1.807, 2.05) is 0 Å². The monoisotopic (exact) mass is 569 g/mol. The summed E-state index contributed by atoms with van der Waals surface area (Å²) in [7, 11) is -3.59. The molecule has 0 saturated carbocycles. The van der Waals surface area contributed by atoms with Crippen molar-refractivity contribution >= 4 is 40.0 Å². The van der Waals surface area contributed by atoms with Gasteiger partial charge in [0.05, 0.1) is 0 Å². The number of nitrogens with zero attached hydrogens (tertiary/aromatic N) is 3. The molecule has 0 aromatic rings. The van der Waals surface area contributed by atoms with Gasteiger partial charge in [0, 0.05) is 32.7 Å². The zero-order chi connectivity index (χ0) is 21.5. The van der Waals surface area contributed by atoms with Crippen molar-refractivity contribution in [3.63, 3.8) is 0 Å². The van der Waals surface area contributed by atoms with E-state index in [-0.39, 0.29) is 43.1 Å². The van der Waals surface area contributed by atoms with Gasteiger partial charge in [-0.2, -0.15) is 17.5 Å². The average Bonchev–Trinajstić information content (AvgIpc) is 2.67. The molecule has 0 unspecified atom stereocenters. The third kappa shape index (κ3) is 8.30. The molecule has 2 aliphatic heterocycles. The molecule has 2 N–H and O–H groups in total. The second-order valence-electron chi connectivity index (χ2n) is 8.00. The molecule has 0 aromatic heterocycles. The van der Waals surface area contributed by atoms with Crippen LogP contribution in [0.4, 0.5) is 13.2 Å². The van der Waals surface area contributed by atoms with Gasteiger partial charge < -0.3 is 15.5 Å². The maximum atomic E-state index is 12.6. The first-order chi connectivity index (χ1) is 13.6. The molecule has 0 amide bonds. The van der Waals surface area contributed by atoms with E-state index in [1.54, 1.807) is 7.05 Å². The largest absolute Gasteiger partial charge is 0.511 e. The van der Waals surface area contributed by atoms with Gasteiger partial charge in [0.1, 0.15) is 0 Å². The number of rotatable bonds is 7. The number of piperidine rings is 2. The van der Waals surface area contributed by atoms with Gasteiger partial charge in [0.2, 0.25) is 0 Å². The van der Waals surface area contributed by atoms with Crippen molar-refractivity contribution in [2.45, 2.75) is 57.0 Å². The summed E-state index contributed by atoms with van der Waals surface area (Å²) in [6, 6.07) is -0.101. The van der Waals surface area contributed by atoms with Gasteiger partial charge in [-0.1, -0.05) is 6.92 Å². The summed E-state index contributed by atoms with van der Waals surface area (Å²) in [5.41, 5.74) is -5.24. The molecule has 178 valence electrons. The molecule has 0 spiro atoms. The Morgan fingerprint density at radius 1 is 1.07 bits per heavy atom. The van der Waals surface area contributed by atoms with Crippen LogP contribution >= 0.6 is 24.0 Å². The number of hydrogen-bond acceptors (Lipinski definition) is 4. The van der Waals surface area contributed by atoms with E-state index in [9.17, 15) is 21.6 Å². The summed E-state index contributed by atoms with van der Waals surface area (Å²) >= 11 is 0. The van der Waals surface area contributed by atoms with Crippen molar-refractivity contribution < 1.29 is 21.6 Å². The van der Waals surface area contributed by atoms with Crippen LogP contribution in [-0.4, -0.2) is 81.4 Å². The van der Waals surface area contributed by atoms with Crippen LogP contribution in [0.5, 0.6) is 0 Å². The lowest BCUT2D eigenvalue weighted by atomic mass is 9.99. The quantitative estimate of drug-likeness (QED) is 0.214. The fourth-order valence-corrected chi connectivity index (χ4v) is 4.71. The number of nitrogens with one attached hydrogen (secondary N) is 2. The van der Waals surface area contributed by atoms with Crippen molar-refractivity contribution in [1.29, 1.82) is 0 Å². The minimum atomic E-state index is -5.24. The summed E-state index contributed by atoms with van der Waals surface area (Å²) in [5.74, 6) is 1.44. The number of alkyl halides is 3. The van der Waals surface area contributed by atoms with Gasteiger partial charge in [0.25, 0.3) is 0 Å². The highest BCUT2D eigenvalue weighted by Crippen LogP contribution is 2.28. The molecule has 2 saturated heterocycles. The molecule has 0 atom stereocenters. The van der Waals surface area contributed by atoms with Crippen LogP contribution in [0.1, 0.15) is 45.4 Å². The molecule has 12 heteroatoms. The van der Waals surface area contributed by atoms with Crippen LogP contribution in [0.2, 0.25) is 0 Å². The maximum absolute atomic E-state index is 12.6. The minimum absolute atomic E-state index is 0. The molecule has 0 aliphatic carbocycles. The first-order valence-electron chi connectivity index (χ1n) is 10.4. The summed E-state index contributed by atoms with van der Waals surface area (Å²) in [6.45, 7) is 6.24. The van der Waals surface area contributed by atoms with Crippen LogP contribution in [0.3, 0.4) is 0 Å². The number of guanidine groups is 1. The first-order valence-corrected chi connectivity index (χ1v) is 11.8. The van der Waals surface area contributed by atoms with Crippen molar-refractivity contribution in [2.75, 3.05) is 46.3 Å². The Morgan fingerprint density at radius 3 is 2.20 bits per heavy atom. The lowest BCUT2D eigenvalue weighted by molar-refractivity contribution is -0.0494. The summed E-state index contributed by atoms with van der Waals surface area (Å²) < 4.78 is 61.4. The Kier molecular flexibility index (Phi) is 11.7. The molecule has 2 rings (SSSR count). The van der Waals surface area contributed by atoms with Crippen molar-refractivity contribution in [1.82, 2.24) is 19.8 Å². The summed E-state index contributed by atoms with van der Waals surface area (Å²) in [4.78, 5) is 6.67. The highest BCUT2D eigenvalue weighted by Gasteiger charge is 2.50. The van der Waals surface area contributed by atoms with Crippen LogP contribution in [-0.2, 0) is 10.0 Å². The standard InChI is InChI=1S/C18H34F3N5O2S.HI/c1-15-5-11-25(12-6-15)10-4-3-9-23-17(22-2)24-16-7-13-26(14-8-16)29(27,28)18(19,20)21;/h15-16H,3-14H2,1-2H3,(H2,22,23,24);1H.